The predicted octanol–water partition coefficient (Wildman–Crippen LogP) is 5.93. The highest BCUT2D eigenvalue weighted by atomic mass is 35.5. The van der Waals surface area contributed by atoms with Gasteiger partial charge >= 0.3 is 0 Å². The van der Waals surface area contributed by atoms with E-state index in [1.807, 2.05) is 55.5 Å². The fourth-order valence-corrected chi connectivity index (χ4v) is 2.98. The molecule has 0 heterocycles. The van der Waals surface area contributed by atoms with Crippen LogP contribution in [0.15, 0.2) is 71.9 Å². The van der Waals surface area contributed by atoms with Gasteiger partial charge in [-0.05, 0) is 60.9 Å². The van der Waals surface area contributed by atoms with Crippen molar-refractivity contribution in [1.29, 1.82) is 0 Å². The van der Waals surface area contributed by atoms with Crippen LogP contribution < -0.4 is 4.74 Å². The Balaban J connectivity index is 1.83. The quantitative estimate of drug-likeness (QED) is 0.392. The van der Waals surface area contributed by atoms with Crippen LogP contribution in [0.1, 0.15) is 27.8 Å². The second-order valence-corrected chi connectivity index (χ2v) is 6.76. The van der Waals surface area contributed by atoms with Crippen LogP contribution in [-0.4, -0.2) is 12.8 Å². The fraction of sp³-hybridized carbons (Fsp3) is 0.174. The van der Waals surface area contributed by atoms with Crippen molar-refractivity contribution >= 4 is 17.3 Å². The molecule has 3 aromatic carbocycles. The third-order valence-electron chi connectivity index (χ3n) is 4.39. The zero-order valence-corrected chi connectivity index (χ0v) is 16.5. The van der Waals surface area contributed by atoms with Crippen LogP contribution >= 0.6 is 11.6 Å². The van der Waals surface area contributed by atoms with Crippen molar-refractivity contribution in [2.24, 2.45) is 5.16 Å². The van der Waals surface area contributed by atoms with Crippen LogP contribution in [-0.2, 0) is 11.4 Å². The van der Waals surface area contributed by atoms with E-state index in [9.17, 15) is 0 Å². The van der Waals surface area contributed by atoms with E-state index in [-0.39, 0.29) is 0 Å². The second kappa shape index (κ2) is 8.74. The summed E-state index contributed by atoms with van der Waals surface area (Å²) >= 11 is 5.99. The number of ether oxygens (including phenoxy) is 1. The first kappa shape index (κ1) is 19.0. The van der Waals surface area contributed by atoms with Crippen molar-refractivity contribution in [2.45, 2.75) is 20.5 Å². The average Bonchev–Trinajstić information content (AvgIpc) is 2.67. The number of aryl methyl sites for hydroxylation is 2. The van der Waals surface area contributed by atoms with Crippen molar-refractivity contribution in [3.63, 3.8) is 0 Å². The summed E-state index contributed by atoms with van der Waals surface area (Å²) < 4.78 is 6.03. The molecule has 0 amide bonds. The van der Waals surface area contributed by atoms with E-state index < -0.39 is 0 Å². The van der Waals surface area contributed by atoms with E-state index in [2.05, 4.69) is 30.3 Å². The number of hydrogen-bond donors (Lipinski definition) is 0. The van der Waals surface area contributed by atoms with Crippen LogP contribution in [0.25, 0.3) is 0 Å². The first-order valence-corrected chi connectivity index (χ1v) is 9.11. The van der Waals surface area contributed by atoms with E-state index in [4.69, 9.17) is 21.2 Å². The minimum absolute atomic E-state index is 0.545. The number of halogens is 1. The Hall–Kier alpha value is -2.78. The molecule has 4 heteroatoms. The molecule has 27 heavy (non-hydrogen) atoms. The topological polar surface area (TPSA) is 30.8 Å². The standard InChI is InChI=1S/C23H22ClNO2/c1-16-6-4-5-7-20(16)15-27-22-13-10-19(14-17(22)2)23(25-26-3)18-8-11-21(24)12-9-18/h4-14H,15H2,1-3H3. The highest BCUT2D eigenvalue weighted by molar-refractivity contribution is 6.30. The Bertz CT molecular complexity index is 949. The van der Waals surface area contributed by atoms with Gasteiger partial charge in [-0.3, -0.25) is 0 Å². The van der Waals surface area contributed by atoms with Gasteiger partial charge in [-0.1, -0.05) is 53.2 Å². The van der Waals surface area contributed by atoms with Crippen LogP contribution in [0, 0.1) is 13.8 Å². The van der Waals surface area contributed by atoms with Crippen LogP contribution in [0.2, 0.25) is 5.02 Å². The summed E-state index contributed by atoms with van der Waals surface area (Å²) in [5, 5.41) is 4.89. The molecule has 3 aromatic rings. The van der Waals surface area contributed by atoms with Gasteiger partial charge in [-0.25, -0.2) is 0 Å². The largest absolute Gasteiger partial charge is 0.489 e. The highest BCUT2D eigenvalue weighted by Crippen LogP contribution is 2.23. The third kappa shape index (κ3) is 4.69. The van der Waals surface area contributed by atoms with Crippen LogP contribution in [0.5, 0.6) is 5.75 Å². The Morgan fingerprint density at radius 1 is 0.889 bits per heavy atom. The van der Waals surface area contributed by atoms with Crippen molar-refractivity contribution < 1.29 is 9.57 Å². The molecule has 0 saturated heterocycles. The lowest BCUT2D eigenvalue weighted by atomic mass is 10.0. The van der Waals surface area contributed by atoms with Gasteiger partial charge in [0.05, 0.1) is 0 Å². The Kier molecular flexibility index (Phi) is 6.15. The molecular formula is C23H22ClNO2. The molecule has 0 radical (unpaired) electrons. The van der Waals surface area contributed by atoms with Crippen LogP contribution in [0.4, 0.5) is 0 Å². The molecule has 0 aliphatic heterocycles. The van der Waals surface area contributed by atoms with E-state index in [0.717, 1.165) is 28.2 Å². The first-order valence-electron chi connectivity index (χ1n) is 8.74. The zero-order valence-electron chi connectivity index (χ0n) is 15.7. The van der Waals surface area contributed by atoms with E-state index in [1.165, 1.54) is 11.1 Å². The van der Waals surface area contributed by atoms with Gasteiger partial charge in [0.1, 0.15) is 25.2 Å². The molecule has 3 rings (SSSR count). The number of rotatable bonds is 6. The smallest absolute Gasteiger partial charge is 0.122 e. The molecule has 0 aromatic heterocycles. The second-order valence-electron chi connectivity index (χ2n) is 6.32. The number of oxime groups is 1. The average molecular weight is 380 g/mol. The van der Waals surface area contributed by atoms with Crippen molar-refractivity contribution in [2.75, 3.05) is 7.11 Å². The summed E-state index contributed by atoms with van der Waals surface area (Å²) in [5.74, 6) is 0.856. The van der Waals surface area contributed by atoms with Crippen LogP contribution in [0.3, 0.4) is 0 Å². The summed E-state index contributed by atoms with van der Waals surface area (Å²) in [5.41, 5.74) is 6.10. The van der Waals surface area contributed by atoms with E-state index in [1.54, 1.807) is 7.11 Å². The molecule has 0 N–H and O–H groups in total. The maximum absolute atomic E-state index is 6.03. The van der Waals surface area contributed by atoms with Gasteiger partial charge < -0.3 is 9.57 Å². The Morgan fingerprint density at radius 3 is 2.26 bits per heavy atom. The molecule has 0 unspecified atom stereocenters. The zero-order chi connectivity index (χ0) is 19.2. The van der Waals surface area contributed by atoms with Gasteiger partial charge in [-0.2, -0.15) is 0 Å². The molecule has 3 nitrogen and oxygen atoms in total. The van der Waals surface area contributed by atoms with Gasteiger partial charge in [0.25, 0.3) is 0 Å². The monoisotopic (exact) mass is 379 g/mol. The third-order valence-corrected chi connectivity index (χ3v) is 4.65. The Morgan fingerprint density at radius 2 is 1.59 bits per heavy atom. The lowest BCUT2D eigenvalue weighted by molar-refractivity contribution is 0.214. The van der Waals surface area contributed by atoms with E-state index in [0.29, 0.717) is 11.6 Å². The summed E-state index contributed by atoms with van der Waals surface area (Å²) in [6, 6.07) is 21.8. The highest BCUT2D eigenvalue weighted by Gasteiger charge is 2.11. The lowest BCUT2D eigenvalue weighted by Crippen LogP contribution is -2.05. The molecule has 0 fully saturated rings. The van der Waals surface area contributed by atoms with Crippen molar-refractivity contribution in [3.8, 4) is 5.75 Å². The molecule has 0 bridgehead atoms. The maximum atomic E-state index is 6.03. The van der Waals surface area contributed by atoms with Gasteiger partial charge in [0.2, 0.25) is 0 Å². The number of hydrogen-bond acceptors (Lipinski definition) is 3. The van der Waals surface area contributed by atoms with Gasteiger partial charge in [0.15, 0.2) is 0 Å². The molecular weight excluding hydrogens is 358 g/mol. The lowest BCUT2D eigenvalue weighted by Gasteiger charge is -2.13. The molecule has 0 atom stereocenters. The minimum Gasteiger partial charge on any atom is -0.489 e. The van der Waals surface area contributed by atoms with E-state index >= 15 is 0 Å². The van der Waals surface area contributed by atoms with Crippen molar-refractivity contribution in [3.05, 3.63) is 99.6 Å². The fourth-order valence-electron chi connectivity index (χ4n) is 2.86. The normalized spacial score (nSPS) is 11.3. The number of benzene rings is 3. The molecule has 0 saturated carbocycles. The maximum Gasteiger partial charge on any atom is 0.122 e. The van der Waals surface area contributed by atoms with Gasteiger partial charge in [-0.15, -0.1) is 0 Å². The molecule has 0 aliphatic carbocycles. The SMILES string of the molecule is CON=C(c1ccc(Cl)cc1)c1ccc(OCc2ccccc2C)c(C)c1. The minimum atomic E-state index is 0.545. The van der Waals surface area contributed by atoms with Crippen molar-refractivity contribution in [1.82, 2.24) is 0 Å². The summed E-state index contributed by atoms with van der Waals surface area (Å²) in [6.07, 6.45) is 0. The molecule has 138 valence electrons. The summed E-state index contributed by atoms with van der Waals surface area (Å²) in [6.45, 7) is 4.67. The predicted molar refractivity (Wildman–Crippen MR) is 111 cm³/mol. The van der Waals surface area contributed by atoms with Gasteiger partial charge in [0, 0.05) is 16.1 Å². The summed E-state index contributed by atoms with van der Waals surface area (Å²) in [7, 11) is 1.54. The Labute approximate surface area is 165 Å². The summed E-state index contributed by atoms with van der Waals surface area (Å²) in [4.78, 5) is 5.06. The number of nitrogens with zero attached hydrogens (tertiary/aromatic N) is 1. The first-order chi connectivity index (χ1) is 13.1. The molecule has 0 spiro atoms. The molecule has 0 aliphatic rings.